The zero-order chi connectivity index (χ0) is 16.5. The van der Waals surface area contributed by atoms with Crippen LogP contribution in [0, 0.1) is 5.92 Å². The van der Waals surface area contributed by atoms with Gasteiger partial charge in [0, 0.05) is 30.4 Å². The van der Waals surface area contributed by atoms with Crippen molar-refractivity contribution in [2.75, 3.05) is 29.9 Å². The predicted octanol–water partition coefficient (Wildman–Crippen LogP) is 4.16. The number of nitrogens with zero attached hydrogens (tertiary/aromatic N) is 2. The molecule has 0 saturated heterocycles. The van der Waals surface area contributed by atoms with Gasteiger partial charge in [-0.25, -0.2) is 4.79 Å². The lowest BCUT2D eigenvalue weighted by Gasteiger charge is -2.27. The molecule has 0 aromatic heterocycles. The Kier molecular flexibility index (Phi) is 7.43. The Morgan fingerprint density at radius 2 is 1.86 bits per heavy atom. The Balaban J connectivity index is 2.91. The molecule has 1 N–H and O–H groups in total. The number of hydrogen-bond acceptors (Lipinski definition) is 3. The molecular formula is C17H27N3O2. The first kappa shape index (κ1) is 18.0. The zero-order valence-electron chi connectivity index (χ0n) is 14.2. The number of aliphatic imine (C=N–C) groups is 1. The van der Waals surface area contributed by atoms with Crippen molar-refractivity contribution in [1.82, 2.24) is 0 Å². The van der Waals surface area contributed by atoms with E-state index in [2.05, 4.69) is 36.0 Å². The second-order valence-electron chi connectivity index (χ2n) is 5.12. The molecule has 5 nitrogen and oxygen atoms in total. The summed E-state index contributed by atoms with van der Waals surface area (Å²) in [6, 6.07) is 7.72. The summed E-state index contributed by atoms with van der Waals surface area (Å²) in [5.74, 6) is 1.44. The zero-order valence-corrected chi connectivity index (χ0v) is 14.2. The highest BCUT2D eigenvalue weighted by Crippen LogP contribution is 2.20. The highest BCUT2D eigenvalue weighted by atomic mass is 16.5. The van der Waals surface area contributed by atoms with E-state index >= 15 is 0 Å². The number of ether oxygens (including phenoxy) is 1. The third-order valence-corrected chi connectivity index (χ3v) is 3.13. The van der Waals surface area contributed by atoms with Gasteiger partial charge in [0.15, 0.2) is 0 Å². The molecule has 0 spiro atoms. The maximum atomic E-state index is 11.4. The Labute approximate surface area is 133 Å². The van der Waals surface area contributed by atoms with Crippen LogP contribution in [0.15, 0.2) is 29.3 Å². The lowest BCUT2D eigenvalue weighted by atomic mass is 10.1. The van der Waals surface area contributed by atoms with Crippen LogP contribution in [0.1, 0.15) is 34.6 Å². The van der Waals surface area contributed by atoms with Crippen LogP contribution in [0.25, 0.3) is 0 Å². The molecule has 0 aliphatic rings. The summed E-state index contributed by atoms with van der Waals surface area (Å²) in [6.07, 6.45) is -0.432. The van der Waals surface area contributed by atoms with Crippen molar-refractivity contribution in [3.05, 3.63) is 24.3 Å². The lowest BCUT2D eigenvalue weighted by molar-refractivity contribution is 0.168. The van der Waals surface area contributed by atoms with E-state index < -0.39 is 6.09 Å². The molecule has 1 amide bonds. The van der Waals surface area contributed by atoms with Crippen LogP contribution in [0.3, 0.4) is 0 Å². The summed E-state index contributed by atoms with van der Waals surface area (Å²) in [4.78, 5) is 18.2. The summed E-state index contributed by atoms with van der Waals surface area (Å²) >= 11 is 0. The summed E-state index contributed by atoms with van der Waals surface area (Å²) < 4.78 is 4.87. The fraction of sp³-hybridized carbons (Fsp3) is 0.529. The normalized spacial score (nSPS) is 11.5. The van der Waals surface area contributed by atoms with Gasteiger partial charge in [-0.15, -0.1) is 0 Å². The lowest BCUT2D eigenvalue weighted by Crippen LogP contribution is -2.34. The van der Waals surface area contributed by atoms with Crippen molar-refractivity contribution in [2.45, 2.75) is 34.6 Å². The van der Waals surface area contributed by atoms with Crippen molar-refractivity contribution in [3.8, 4) is 0 Å². The highest BCUT2D eigenvalue weighted by Gasteiger charge is 2.15. The van der Waals surface area contributed by atoms with E-state index in [0.29, 0.717) is 12.5 Å². The van der Waals surface area contributed by atoms with Crippen molar-refractivity contribution in [1.29, 1.82) is 0 Å². The third-order valence-electron chi connectivity index (χ3n) is 3.13. The first-order chi connectivity index (χ1) is 10.5. The van der Waals surface area contributed by atoms with Crippen LogP contribution in [0.5, 0.6) is 0 Å². The van der Waals surface area contributed by atoms with Gasteiger partial charge in [0.25, 0.3) is 0 Å². The minimum Gasteiger partial charge on any atom is -0.450 e. The third kappa shape index (κ3) is 5.06. The van der Waals surface area contributed by atoms with E-state index in [-0.39, 0.29) is 0 Å². The van der Waals surface area contributed by atoms with Crippen molar-refractivity contribution >= 4 is 23.3 Å². The van der Waals surface area contributed by atoms with Crippen LogP contribution in [0.4, 0.5) is 16.2 Å². The molecule has 0 heterocycles. The first-order valence-corrected chi connectivity index (χ1v) is 7.89. The Hall–Kier alpha value is -2.04. The fourth-order valence-electron chi connectivity index (χ4n) is 2.23. The number of benzene rings is 1. The first-order valence-electron chi connectivity index (χ1n) is 7.89. The van der Waals surface area contributed by atoms with Crippen LogP contribution in [0.2, 0.25) is 0 Å². The molecule has 0 atom stereocenters. The number of carbonyl (C=O) groups is 1. The smallest absolute Gasteiger partial charge is 0.411 e. The van der Waals surface area contributed by atoms with E-state index in [1.54, 1.807) is 6.92 Å². The van der Waals surface area contributed by atoms with Gasteiger partial charge in [0.2, 0.25) is 0 Å². The quantitative estimate of drug-likeness (QED) is 0.634. The van der Waals surface area contributed by atoms with Gasteiger partial charge in [-0.05, 0) is 45.0 Å². The molecule has 0 unspecified atom stereocenters. The van der Waals surface area contributed by atoms with Gasteiger partial charge < -0.3 is 9.64 Å². The highest BCUT2D eigenvalue weighted by molar-refractivity contribution is 5.99. The molecule has 1 aromatic carbocycles. The van der Waals surface area contributed by atoms with Crippen molar-refractivity contribution in [3.63, 3.8) is 0 Å². The van der Waals surface area contributed by atoms with Crippen LogP contribution >= 0.6 is 0 Å². The van der Waals surface area contributed by atoms with E-state index in [1.165, 1.54) is 0 Å². The Morgan fingerprint density at radius 1 is 1.23 bits per heavy atom. The molecule has 0 radical (unpaired) electrons. The van der Waals surface area contributed by atoms with Gasteiger partial charge in [-0.1, -0.05) is 13.8 Å². The number of hydrogen-bond donors (Lipinski definition) is 1. The summed E-state index contributed by atoms with van der Waals surface area (Å²) in [6.45, 7) is 12.2. The second kappa shape index (κ2) is 9.07. The van der Waals surface area contributed by atoms with Gasteiger partial charge in [-0.3, -0.25) is 10.3 Å². The standard InChI is InChI=1S/C17H27N3O2/c1-6-18-16(13(4)5)20(7-2)15-11-9-14(10-12-15)19-17(21)22-8-3/h9-13H,6-8H2,1-5H3,(H,19,21). The van der Waals surface area contributed by atoms with Crippen molar-refractivity contribution in [2.24, 2.45) is 10.9 Å². The predicted molar refractivity (Wildman–Crippen MR) is 92.9 cm³/mol. The number of anilines is 2. The van der Waals surface area contributed by atoms with Gasteiger partial charge >= 0.3 is 6.09 Å². The van der Waals surface area contributed by atoms with Crippen molar-refractivity contribution < 1.29 is 9.53 Å². The van der Waals surface area contributed by atoms with E-state index in [0.717, 1.165) is 30.3 Å². The molecule has 122 valence electrons. The van der Waals surface area contributed by atoms with E-state index in [4.69, 9.17) is 4.74 Å². The van der Waals surface area contributed by atoms with E-state index in [1.807, 2.05) is 31.2 Å². The van der Waals surface area contributed by atoms with Gasteiger partial charge in [0.05, 0.1) is 6.61 Å². The molecule has 1 aromatic rings. The number of amidine groups is 1. The van der Waals surface area contributed by atoms with Gasteiger partial charge in [0.1, 0.15) is 5.84 Å². The average Bonchev–Trinajstić information content (AvgIpc) is 2.48. The summed E-state index contributed by atoms with van der Waals surface area (Å²) in [7, 11) is 0. The molecule has 1 rings (SSSR count). The second-order valence-corrected chi connectivity index (χ2v) is 5.12. The Morgan fingerprint density at radius 3 is 2.32 bits per heavy atom. The van der Waals surface area contributed by atoms with Crippen LogP contribution in [-0.2, 0) is 4.74 Å². The summed E-state index contributed by atoms with van der Waals surface area (Å²) in [5.41, 5.74) is 1.79. The number of rotatable bonds is 6. The van der Waals surface area contributed by atoms with E-state index in [9.17, 15) is 4.79 Å². The monoisotopic (exact) mass is 305 g/mol. The largest absolute Gasteiger partial charge is 0.450 e. The average molecular weight is 305 g/mol. The number of amides is 1. The molecule has 5 heteroatoms. The molecule has 0 aliphatic carbocycles. The molecule has 0 bridgehead atoms. The maximum absolute atomic E-state index is 11.4. The molecule has 0 saturated carbocycles. The SMILES string of the molecule is CCN=C(C(C)C)N(CC)c1ccc(NC(=O)OCC)cc1. The number of nitrogens with one attached hydrogen (secondary N) is 1. The topological polar surface area (TPSA) is 53.9 Å². The fourth-order valence-corrected chi connectivity index (χ4v) is 2.23. The molecule has 0 aliphatic heterocycles. The maximum Gasteiger partial charge on any atom is 0.411 e. The minimum atomic E-state index is -0.432. The van der Waals surface area contributed by atoms with Crippen LogP contribution in [-0.4, -0.2) is 31.6 Å². The minimum absolute atomic E-state index is 0.359. The Bertz CT molecular complexity index is 495. The molecule has 0 fully saturated rings. The van der Waals surface area contributed by atoms with Crippen LogP contribution < -0.4 is 10.2 Å². The van der Waals surface area contributed by atoms with Gasteiger partial charge in [-0.2, -0.15) is 0 Å². The molecular weight excluding hydrogens is 278 g/mol. The number of carbonyl (C=O) groups excluding carboxylic acids is 1. The summed E-state index contributed by atoms with van der Waals surface area (Å²) in [5, 5.41) is 2.69. The molecule has 22 heavy (non-hydrogen) atoms.